The normalized spacial score (nSPS) is 16.6. The summed E-state index contributed by atoms with van der Waals surface area (Å²) in [6.45, 7) is 3.01. The summed E-state index contributed by atoms with van der Waals surface area (Å²) in [7, 11) is 2.16. The van der Waals surface area contributed by atoms with Crippen LogP contribution >= 0.6 is 0 Å². The first-order chi connectivity index (χ1) is 8.22. The monoisotopic (exact) mass is 230 g/mol. The molecule has 1 unspecified atom stereocenters. The fourth-order valence-electron chi connectivity index (χ4n) is 1.87. The van der Waals surface area contributed by atoms with Crippen LogP contribution in [0.2, 0.25) is 0 Å². The molecule has 1 heterocycles. The van der Waals surface area contributed by atoms with Crippen molar-refractivity contribution < 1.29 is 0 Å². The molecule has 1 aliphatic rings. The van der Waals surface area contributed by atoms with Crippen LogP contribution in [0.4, 0.5) is 5.82 Å². The molecule has 17 heavy (non-hydrogen) atoms. The molecule has 1 fully saturated rings. The SMILES string of the molecule is CC(CNc1ncccc1C#N)N(C)C1CC1. The van der Waals surface area contributed by atoms with Gasteiger partial charge in [0.2, 0.25) is 0 Å². The number of hydrogen-bond donors (Lipinski definition) is 1. The van der Waals surface area contributed by atoms with Gasteiger partial charge in [-0.1, -0.05) is 0 Å². The Morgan fingerprint density at radius 1 is 1.65 bits per heavy atom. The van der Waals surface area contributed by atoms with E-state index in [0.29, 0.717) is 17.4 Å². The first kappa shape index (κ1) is 11.9. The van der Waals surface area contributed by atoms with Gasteiger partial charge < -0.3 is 5.32 Å². The van der Waals surface area contributed by atoms with E-state index < -0.39 is 0 Å². The summed E-state index contributed by atoms with van der Waals surface area (Å²) in [6.07, 6.45) is 4.33. The summed E-state index contributed by atoms with van der Waals surface area (Å²) in [5.74, 6) is 0.686. The average Bonchev–Trinajstić information content (AvgIpc) is 3.19. The molecule has 0 bridgehead atoms. The van der Waals surface area contributed by atoms with Crippen LogP contribution in [0.1, 0.15) is 25.3 Å². The molecule has 0 radical (unpaired) electrons. The second kappa shape index (κ2) is 5.15. The summed E-state index contributed by atoms with van der Waals surface area (Å²) in [5.41, 5.74) is 0.605. The van der Waals surface area contributed by atoms with Crippen LogP contribution in [0.15, 0.2) is 18.3 Å². The molecule has 1 aromatic rings. The zero-order valence-electron chi connectivity index (χ0n) is 10.3. The Bertz CT molecular complexity index is 420. The number of anilines is 1. The Morgan fingerprint density at radius 2 is 2.41 bits per heavy atom. The zero-order chi connectivity index (χ0) is 12.3. The molecule has 4 heteroatoms. The maximum atomic E-state index is 8.95. The highest BCUT2D eigenvalue weighted by molar-refractivity contribution is 5.51. The summed E-state index contributed by atoms with van der Waals surface area (Å²) in [6, 6.07) is 6.92. The summed E-state index contributed by atoms with van der Waals surface area (Å²) < 4.78 is 0. The first-order valence-corrected chi connectivity index (χ1v) is 6.03. The molecular weight excluding hydrogens is 212 g/mol. The standard InChI is InChI=1S/C13H18N4/c1-10(17(2)12-5-6-12)9-16-13-11(8-14)4-3-7-15-13/h3-4,7,10,12H,5-6,9H2,1-2H3,(H,15,16). The Kier molecular flexibility index (Phi) is 3.60. The molecule has 2 rings (SSSR count). The Labute approximate surface area is 102 Å². The van der Waals surface area contributed by atoms with Gasteiger partial charge in [-0.3, -0.25) is 4.90 Å². The third kappa shape index (κ3) is 2.95. The number of aromatic nitrogens is 1. The minimum Gasteiger partial charge on any atom is -0.367 e. The quantitative estimate of drug-likeness (QED) is 0.838. The number of nitrogens with one attached hydrogen (secondary N) is 1. The van der Waals surface area contributed by atoms with Crippen molar-refractivity contribution in [3.8, 4) is 6.07 Å². The lowest BCUT2D eigenvalue weighted by Crippen LogP contribution is -2.36. The number of nitriles is 1. The Balaban J connectivity index is 1.90. The van der Waals surface area contributed by atoms with Crippen molar-refractivity contribution in [1.82, 2.24) is 9.88 Å². The number of nitrogens with zero attached hydrogens (tertiary/aromatic N) is 3. The van der Waals surface area contributed by atoms with Crippen LogP contribution in [-0.4, -0.2) is 35.6 Å². The second-order valence-electron chi connectivity index (χ2n) is 4.64. The van der Waals surface area contributed by atoms with E-state index >= 15 is 0 Å². The van der Waals surface area contributed by atoms with Gasteiger partial charge in [-0.2, -0.15) is 5.26 Å². The maximum Gasteiger partial charge on any atom is 0.143 e. The van der Waals surface area contributed by atoms with Gasteiger partial charge in [0, 0.05) is 24.8 Å². The third-order valence-corrected chi connectivity index (χ3v) is 3.31. The molecule has 0 aromatic carbocycles. The Morgan fingerprint density at radius 3 is 3.06 bits per heavy atom. The first-order valence-electron chi connectivity index (χ1n) is 6.03. The minimum atomic E-state index is 0.455. The molecule has 0 spiro atoms. The van der Waals surface area contributed by atoms with Crippen LogP contribution in [0.5, 0.6) is 0 Å². The van der Waals surface area contributed by atoms with Gasteiger partial charge in [-0.05, 0) is 38.9 Å². The zero-order valence-corrected chi connectivity index (χ0v) is 10.3. The van der Waals surface area contributed by atoms with Gasteiger partial charge in [0.05, 0.1) is 5.56 Å². The fraction of sp³-hybridized carbons (Fsp3) is 0.538. The lowest BCUT2D eigenvalue weighted by molar-refractivity contribution is 0.257. The maximum absolute atomic E-state index is 8.95. The molecule has 1 aliphatic carbocycles. The van der Waals surface area contributed by atoms with E-state index in [0.717, 1.165) is 12.6 Å². The van der Waals surface area contributed by atoms with Crippen molar-refractivity contribution in [2.75, 3.05) is 18.9 Å². The van der Waals surface area contributed by atoms with Gasteiger partial charge in [0.1, 0.15) is 11.9 Å². The van der Waals surface area contributed by atoms with Gasteiger partial charge in [-0.15, -0.1) is 0 Å². The molecule has 1 saturated carbocycles. The van der Waals surface area contributed by atoms with Crippen LogP contribution < -0.4 is 5.32 Å². The number of pyridine rings is 1. The van der Waals surface area contributed by atoms with E-state index in [-0.39, 0.29) is 0 Å². The predicted octanol–water partition coefficient (Wildman–Crippen LogP) is 1.85. The summed E-state index contributed by atoms with van der Waals surface area (Å²) in [4.78, 5) is 6.58. The minimum absolute atomic E-state index is 0.455. The van der Waals surface area contributed by atoms with Gasteiger partial charge in [-0.25, -0.2) is 4.98 Å². The van der Waals surface area contributed by atoms with Crippen molar-refractivity contribution in [2.45, 2.75) is 31.8 Å². The van der Waals surface area contributed by atoms with Crippen molar-refractivity contribution >= 4 is 5.82 Å². The lowest BCUT2D eigenvalue weighted by atomic mass is 10.2. The topological polar surface area (TPSA) is 52.0 Å². The Hall–Kier alpha value is -1.60. The molecule has 1 N–H and O–H groups in total. The van der Waals surface area contributed by atoms with E-state index in [2.05, 4.69) is 35.2 Å². The highest BCUT2D eigenvalue weighted by Gasteiger charge is 2.28. The summed E-state index contributed by atoms with van der Waals surface area (Å²) >= 11 is 0. The van der Waals surface area contributed by atoms with E-state index in [4.69, 9.17) is 5.26 Å². The number of hydrogen-bond acceptors (Lipinski definition) is 4. The molecule has 90 valence electrons. The molecule has 0 saturated heterocycles. The van der Waals surface area contributed by atoms with E-state index in [1.807, 2.05) is 0 Å². The van der Waals surface area contributed by atoms with Crippen LogP contribution in [0.25, 0.3) is 0 Å². The van der Waals surface area contributed by atoms with Crippen molar-refractivity contribution in [1.29, 1.82) is 5.26 Å². The molecule has 1 aromatic heterocycles. The lowest BCUT2D eigenvalue weighted by Gasteiger charge is -2.24. The highest BCUT2D eigenvalue weighted by Crippen LogP contribution is 2.26. The van der Waals surface area contributed by atoms with E-state index in [1.54, 1.807) is 18.3 Å². The molecular formula is C13H18N4. The third-order valence-electron chi connectivity index (χ3n) is 3.31. The van der Waals surface area contributed by atoms with Crippen molar-refractivity contribution in [2.24, 2.45) is 0 Å². The van der Waals surface area contributed by atoms with Crippen LogP contribution in [0.3, 0.4) is 0 Å². The van der Waals surface area contributed by atoms with Crippen molar-refractivity contribution in [3.63, 3.8) is 0 Å². The number of likely N-dealkylation sites (N-methyl/N-ethyl adjacent to an activating group) is 1. The predicted molar refractivity (Wildman–Crippen MR) is 67.7 cm³/mol. The number of rotatable bonds is 5. The van der Waals surface area contributed by atoms with Crippen molar-refractivity contribution in [3.05, 3.63) is 23.9 Å². The highest BCUT2D eigenvalue weighted by atomic mass is 15.2. The van der Waals surface area contributed by atoms with Gasteiger partial charge in [0.25, 0.3) is 0 Å². The van der Waals surface area contributed by atoms with Gasteiger partial charge >= 0.3 is 0 Å². The fourth-order valence-corrected chi connectivity index (χ4v) is 1.87. The second-order valence-corrected chi connectivity index (χ2v) is 4.64. The average molecular weight is 230 g/mol. The van der Waals surface area contributed by atoms with E-state index in [1.165, 1.54) is 12.8 Å². The molecule has 1 atom stereocenters. The molecule has 0 amide bonds. The van der Waals surface area contributed by atoms with Gasteiger partial charge in [0.15, 0.2) is 0 Å². The summed E-state index contributed by atoms with van der Waals surface area (Å²) in [5, 5.41) is 12.2. The molecule has 0 aliphatic heterocycles. The molecule has 4 nitrogen and oxygen atoms in total. The van der Waals surface area contributed by atoms with E-state index in [9.17, 15) is 0 Å². The largest absolute Gasteiger partial charge is 0.367 e. The van der Waals surface area contributed by atoms with Crippen LogP contribution in [0, 0.1) is 11.3 Å². The van der Waals surface area contributed by atoms with Crippen LogP contribution in [-0.2, 0) is 0 Å². The smallest absolute Gasteiger partial charge is 0.143 e.